The number of para-hydroxylation sites is 1. The Bertz CT molecular complexity index is 419. The normalized spacial score (nSPS) is 12.7. The van der Waals surface area contributed by atoms with Gasteiger partial charge in [-0.25, -0.2) is 4.68 Å². The molecular weight excluding hydrogens is 186 g/mol. The van der Waals surface area contributed by atoms with Gasteiger partial charge in [0, 0.05) is 0 Å². The molecular formula is C12H15N3. The van der Waals surface area contributed by atoms with E-state index in [0.717, 1.165) is 12.1 Å². The van der Waals surface area contributed by atoms with Gasteiger partial charge in [-0.1, -0.05) is 37.3 Å². The molecule has 0 aliphatic heterocycles. The second kappa shape index (κ2) is 4.26. The van der Waals surface area contributed by atoms with E-state index >= 15 is 0 Å². The minimum atomic E-state index is 0.486. The van der Waals surface area contributed by atoms with Gasteiger partial charge in [0.25, 0.3) is 0 Å². The van der Waals surface area contributed by atoms with E-state index in [-0.39, 0.29) is 0 Å². The number of rotatable bonds is 3. The van der Waals surface area contributed by atoms with Gasteiger partial charge in [-0.2, -0.15) is 0 Å². The van der Waals surface area contributed by atoms with E-state index in [0.29, 0.717) is 5.92 Å². The largest absolute Gasteiger partial charge is 0.217 e. The molecule has 1 aromatic heterocycles. The molecule has 1 aromatic carbocycles. The minimum absolute atomic E-state index is 0.486. The van der Waals surface area contributed by atoms with Gasteiger partial charge < -0.3 is 0 Å². The van der Waals surface area contributed by atoms with Gasteiger partial charge >= 0.3 is 0 Å². The lowest BCUT2D eigenvalue weighted by Crippen LogP contribution is -2.04. The molecule has 78 valence electrons. The minimum Gasteiger partial charge on any atom is -0.217 e. The molecule has 3 nitrogen and oxygen atoms in total. The Morgan fingerprint density at radius 1 is 1.27 bits per heavy atom. The number of aromatic nitrogens is 3. The molecule has 0 bridgehead atoms. The number of hydrogen-bond donors (Lipinski definition) is 0. The SMILES string of the molecule is CCC(C)c1cnnn1-c1ccccc1. The third-order valence-corrected chi connectivity index (χ3v) is 2.69. The zero-order valence-electron chi connectivity index (χ0n) is 9.09. The molecule has 0 fully saturated rings. The van der Waals surface area contributed by atoms with Crippen molar-refractivity contribution in [1.29, 1.82) is 0 Å². The van der Waals surface area contributed by atoms with Crippen LogP contribution in [0.2, 0.25) is 0 Å². The van der Waals surface area contributed by atoms with Crippen molar-refractivity contribution >= 4 is 0 Å². The monoisotopic (exact) mass is 201 g/mol. The van der Waals surface area contributed by atoms with Crippen LogP contribution in [0.25, 0.3) is 5.69 Å². The fourth-order valence-electron chi connectivity index (χ4n) is 1.56. The molecule has 1 unspecified atom stereocenters. The standard InChI is InChI=1S/C12H15N3/c1-3-10(2)12-9-13-14-15(12)11-7-5-4-6-8-11/h4-10H,3H2,1-2H3. The second-order valence-corrected chi connectivity index (χ2v) is 3.72. The van der Waals surface area contributed by atoms with Crippen LogP contribution >= 0.6 is 0 Å². The molecule has 0 radical (unpaired) electrons. The second-order valence-electron chi connectivity index (χ2n) is 3.72. The first-order valence-electron chi connectivity index (χ1n) is 5.29. The summed E-state index contributed by atoms with van der Waals surface area (Å²) in [7, 11) is 0. The summed E-state index contributed by atoms with van der Waals surface area (Å²) in [5.74, 6) is 0.486. The van der Waals surface area contributed by atoms with Gasteiger partial charge in [0.1, 0.15) is 0 Å². The Morgan fingerprint density at radius 3 is 2.67 bits per heavy atom. The predicted molar refractivity (Wildman–Crippen MR) is 60.1 cm³/mol. The van der Waals surface area contributed by atoms with Gasteiger partial charge in [0.2, 0.25) is 0 Å². The number of hydrogen-bond acceptors (Lipinski definition) is 2. The molecule has 0 N–H and O–H groups in total. The lowest BCUT2D eigenvalue weighted by molar-refractivity contribution is 0.658. The molecule has 0 aliphatic carbocycles. The third-order valence-electron chi connectivity index (χ3n) is 2.69. The third kappa shape index (κ3) is 1.91. The summed E-state index contributed by atoms with van der Waals surface area (Å²) in [4.78, 5) is 0. The van der Waals surface area contributed by atoms with E-state index in [4.69, 9.17) is 0 Å². The highest BCUT2D eigenvalue weighted by Crippen LogP contribution is 2.19. The van der Waals surface area contributed by atoms with Crippen LogP contribution in [0.5, 0.6) is 0 Å². The van der Waals surface area contributed by atoms with Crippen molar-refractivity contribution in [3.05, 3.63) is 42.2 Å². The zero-order valence-corrected chi connectivity index (χ0v) is 9.09. The van der Waals surface area contributed by atoms with Crippen LogP contribution in [0.4, 0.5) is 0 Å². The van der Waals surface area contributed by atoms with Gasteiger partial charge in [-0.05, 0) is 24.5 Å². The lowest BCUT2D eigenvalue weighted by Gasteiger charge is -2.10. The van der Waals surface area contributed by atoms with Crippen LogP contribution in [0.3, 0.4) is 0 Å². The average molecular weight is 201 g/mol. The maximum atomic E-state index is 4.12. The highest BCUT2D eigenvalue weighted by molar-refractivity contribution is 5.32. The van der Waals surface area contributed by atoms with Crippen molar-refractivity contribution in [2.45, 2.75) is 26.2 Å². The Kier molecular flexibility index (Phi) is 2.81. The van der Waals surface area contributed by atoms with E-state index in [1.54, 1.807) is 0 Å². The fraction of sp³-hybridized carbons (Fsp3) is 0.333. The number of nitrogens with zero attached hydrogens (tertiary/aromatic N) is 3. The first-order chi connectivity index (χ1) is 7.33. The molecule has 2 rings (SSSR count). The summed E-state index contributed by atoms with van der Waals surface area (Å²) < 4.78 is 1.91. The Morgan fingerprint density at radius 2 is 2.00 bits per heavy atom. The number of benzene rings is 1. The Labute approximate surface area is 89.7 Å². The molecule has 3 heteroatoms. The summed E-state index contributed by atoms with van der Waals surface area (Å²) in [5.41, 5.74) is 2.24. The van der Waals surface area contributed by atoms with Gasteiger partial charge in [0.15, 0.2) is 0 Å². The van der Waals surface area contributed by atoms with Gasteiger partial charge in [0.05, 0.1) is 17.6 Å². The summed E-state index contributed by atoms with van der Waals surface area (Å²) in [6.07, 6.45) is 2.95. The molecule has 0 spiro atoms. The van der Waals surface area contributed by atoms with Crippen LogP contribution < -0.4 is 0 Å². The van der Waals surface area contributed by atoms with Crippen LogP contribution in [0.1, 0.15) is 31.9 Å². The summed E-state index contributed by atoms with van der Waals surface area (Å²) in [6, 6.07) is 10.1. The predicted octanol–water partition coefficient (Wildman–Crippen LogP) is 2.78. The van der Waals surface area contributed by atoms with Crippen molar-refractivity contribution in [2.24, 2.45) is 0 Å². The first-order valence-corrected chi connectivity index (χ1v) is 5.29. The van der Waals surface area contributed by atoms with Crippen LogP contribution in [-0.4, -0.2) is 15.0 Å². The molecule has 0 aliphatic rings. The highest BCUT2D eigenvalue weighted by Gasteiger charge is 2.11. The van der Waals surface area contributed by atoms with E-state index in [9.17, 15) is 0 Å². The maximum absolute atomic E-state index is 4.12. The van der Waals surface area contributed by atoms with E-state index in [1.807, 2.05) is 41.2 Å². The highest BCUT2D eigenvalue weighted by atomic mass is 15.4. The van der Waals surface area contributed by atoms with Crippen molar-refractivity contribution in [2.75, 3.05) is 0 Å². The Hall–Kier alpha value is -1.64. The smallest absolute Gasteiger partial charge is 0.0732 e. The van der Waals surface area contributed by atoms with Crippen LogP contribution in [0, 0.1) is 0 Å². The van der Waals surface area contributed by atoms with E-state index in [1.165, 1.54) is 5.69 Å². The Balaban J connectivity index is 2.41. The molecule has 15 heavy (non-hydrogen) atoms. The zero-order chi connectivity index (χ0) is 10.7. The molecule has 0 saturated heterocycles. The molecule has 0 amide bonds. The molecule has 1 atom stereocenters. The summed E-state index contributed by atoms with van der Waals surface area (Å²) >= 11 is 0. The first kappa shape index (κ1) is 9.90. The van der Waals surface area contributed by atoms with Crippen molar-refractivity contribution in [3.8, 4) is 5.69 Å². The summed E-state index contributed by atoms with van der Waals surface area (Å²) in [5, 5.41) is 8.10. The fourth-order valence-corrected chi connectivity index (χ4v) is 1.56. The van der Waals surface area contributed by atoms with E-state index in [2.05, 4.69) is 24.2 Å². The lowest BCUT2D eigenvalue weighted by atomic mass is 10.1. The van der Waals surface area contributed by atoms with Gasteiger partial charge in [-0.15, -0.1) is 5.10 Å². The average Bonchev–Trinajstić information content (AvgIpc) is 2.78. The summed E-state index contributed by atoms with van der Waals surface area (Å²) in [6.45, 7) is 4.37. The van der Waals surface area contributed by atoms with Crippen molar-refractivity contribution in [3.63, 3.8) is 0 Å². The van der Waals surface area contributed by atoms with Crippen LogP contribution in [-0.2, 0) is 0 Å². The topological polar surface area (TPSA) is 30.7 Å². The van der Waals surface area contributed by atoms with Gasteiger partial charge in [-0.3, -0.25) is 0 Å². The molecule has 0 saturated carbocycles. The quantitative estimate of drug-likeness (QED) is 0.764. The van der Waals surface area contributed by atoms with Crippen LogP contribution in [0.15, 0.2) is 36.5 Å². The molecule has 2 aromatic rings. The van der Waals surface area contributed by atoms with E-state index < -0.39 is 0 Å². The van der Waals surface area contributed by atoms with Crippen molar-refractivity contribution in [1.82, 2.24) is 15.0 Å². The van der Waals surface area contributed by atoms with Crippen molar-refractivity contribution < 1.29 is 0 Å². The molecule has 1 heterocycles. The maximum Gasteiger partial charge on any atom is 0.0732 e.